The van der Waals surface area contributed by atoms with Gasteiger partial charge in [0.25, 0.3) is 0 Å². The molecule has 4 nitrogen and oxygen atoms in total. The molecule has 2 aliphatic carbocycles. The van der Waals surface area contributed by atoms with E-state index in [9.17, 15) is 10.5 Å². The molecule has 74 heavy (non-hydrogen) atoms. The van der Waals surface area contributed by atoms with Crippen molar-refractivity contribution < 1.29 is 0 Å². The Morgan fingerprint density at radius 2 is 0.635 bits per heavy atom. The van der Waals surface area contributed by atoms with Crippen molar-refractivity contribution >= 4 is 43.6 Å². The monoisotopic (exact) mass is 938 g/mol. The lowest BCUT2D eigenvalue weighted by molar-refractivity contribution is 0.769. The standard InChI is InChI=1S/C70H42N4/c71-43-45-37-65(73-63-35-19-15-31-52(63)56-39-61-54(41-67(56)73)50-29-13-17-33-59(50)69(61,46-21-5-1-6-22-46)47-23-7-2-8-24-47)58(44-72)66(38-45)74-64-36-20-16-32-53(64)57-40-62-55(42-68(57)74)51-30-14-18-34-60(51)70(62,48-25-9-3-10-26-48)49-27-11-4-12-28-49/h1-42H. The first-order valence-corrected chi connectivity index (χ1v) is 25.2. The molecule has 2 aromatic heterocycles. The van der Waals surface area contributed by atoms with Gasteiger partial charge in [-0.25, -0.2) is 0 Å². The summed E-state index contributed by atoms with van der Waals surface area (Å²) < 4.78 is 4.47. The summed E-state index contributed by atoms with van der Waals surface area (Å²) in [5, 5.41) is 27.1. The number of benzene rings is 11. The Balaban J connectivity index is 1.03. The van der Waals surface area contributed by atoms with Gasteiger partial charge < -0.3 is 9.13 Å². The van der Waals surface area contributed by atoms with Crippen molar-refractivity contribution in [2.75, 3.05) is 0 Å². The third-order valence-electron chi connectivity index (χ3n) is 16.3. The second-order valence-corrected chi connectivity index (χ2v) is 19.7. The quantitative estimate of drug-likeness (QED) is 0.167. The first-order valence-electron chi connectivity index (χ1n) is 25.2. The fraction of sp³-hybridized carbons (Fsp3) is 0.0286. The molecule has 0 saturated carbocycles. The maximum Gasteiger partial charge on any atom is 0.104 e. The maximum absolute atomic E-state index is 11.8. The average molecular weight is 939 g/mol. The summed E-state index contributed by atoms with van der Waals surface area (Å²) in [6.07, 6.45) is 0. The normalized spacial score (nSPS) is 13.6. The number of hydrogen-bond acceptors (Lipinski definition) is 2. The lowest BCUT2D eigenvalue weighted by atomic mass is 9.67. The van der Waals surface area contributed by atoms with Gasteiger partial charge >= 0.3 is 0 Å². The van der Waals surface area contributed by atoms with E-state index >= 15 is 0 Å². The van der Waals surface area contributed by atoms with Crippen LogP contribution in [0.25, 0.3) is 77.2 Å². The van der Waals surface area contributed by atoms with Crippen molar-refractivity contribution in [1.82, 2.24) is 9.13 Å². The summed E-state index contributed by atoms with van der Waals surface area (Å²) >= 11 is 0. The fourth-order valence-electron chi connectivity index (χ4n) is 13.5. The minimum atomic E-state index is -0.587. The highest BCUT2D eigenvalue weighted by Crippen LogP contribution is 2.59. The topological polar surface area (TPSA) is 57.4 Å². The van der Waals surface area contributed by atoms with Crippen LogP contribution >= 0.6 is 0 Å². The number of para-hydroxylation sites is 2. The minimum absolute atomic E-state index is 0.461. The Morgan fingerprint density at radius 3 is 1.01 bits per heavy atom. The third-order valence-corrected chi connectivity index (χ3v) is 16.3. The van der Waals surface area contributed by atoms with Gasteiger partial charge in [0.15, 0.2) is 0 Å². The molecule has 2 aliphatic rings. The van der Waals surface area contributed by atoms with Crippen LogP contribution < -0.4 is 0 Å². The van der Waals surface area contributed by atoms with Gasteiger partial charge in [0.05, 0.1) is 55.9 Å². The van der Waals surface area contributed by atoms with E-state index in [2.05, 4.69) is 264 Å². The summed E-state index contributed by atoms with van der Waals surface area (Å²) in [6.45, 7) is 0. The van der Waals surface area contributed by atoms with Crippen LogP contribution in [0.15, 0.2) is 255 Å². The highest BCUT2D eigenvalue weighted by Gasteiger charge is 2.48. The molecule has 0 radical (unpaired) electrons. The van der Waals surface area contributed by atoms with E-state index in [-0.39, 0.29) is 0 Å². The maximum atomic E-state index is 11.8. The molecule has 0 amide bonds. The van der Waals surface area contributed by atoms with E-state index in [4.69, 9.17) is 0 Å². The number of nitrogens with zero attached hydrogens (tertiary/aromatic N) is 4. The van der Waals surface area contributed by atoms with Gasteiger partial charge in [-0.3, -0.25) is 0 Å². The van der Waals surface area contributed by atoms with E-state index < -0.39 is 10.8 Å². The molecular formula is C70H42N4. The second-order valence-electron chi connectivity index (χ2n) is 19.7. The van der Waals surface area contributed by atoms with Crippen LogP contribution in [0.1, 0.15) is 55.6 Å². The molecule has 13 aromatic rings. The van der Waals surface area contributed by atoms with E-state index in [1.165, 1.54) is 55.6 Å². The van der Waals surface area contributed by atoms with Gasteiger partial charge in [-0.15, -0.1) is 0 Å². The molecule has 0 bridgehead atoms. The Labute approximate surface area is 428 Å². The largest absolute Gasteiger partial charge is 0.308 e. The highest BCUT2D eigenvalue weighted by atomic mass is 15.0. The molecule has 0 N–H and O–H groups in total. The van der Waals surface area contributed by atoms with Crippen molar-refractivity contribution in [3.8, 4) is 45.8 Å². The number of fused-ring (bicyclic) bond motifs is 12. The molecule has 0 fully saturated rings. The third kappa shape index (κ3) is 5.44. The van der Waals surface area contributed by atoms with Crippen LogP contribution in [0.5, 0.6) is 0 Å². The van der Waals surface area contributed by atoms with Crippen LogP contribution in [0.4, 0.5) is 0 Å². The minimum Gasteiger partial charge on any atom is -0.308 e. The summed E-state index contributed by atoms with van der Waals surface area (Å²) in [6, 6.07) is 96.7. The molecule has 2 heterocycles. The van der Waals surface area contributed by atoms with Gasteiger partial charge in [-0.1, -0.05) is 206 Å². The summed E-state index contributed by atoms with van der Waals surface area (Å²) in [5.74, 6) is 0. The van der Waals surface area contributed by atoms with E-state index in [1.807, 2.05) is 12.1 Å². The molecule has 0 unspecified atom stereocenters. The molecule has 0 spiro atoms. The van der Waals surface area contributed by atoms with Crippen LogP contribution in [0.3, 0.4) is 0 Å². The van der Waals surface area contributed by atoms with Crippen LogP contribution in [0.2, 0.25) is 0 Å². The predicted molar refractivity (Wildman–Crippen MR) is 299 cm³/mol. The zero-order valence-electron chi connectivity index (χ0n) is 40.0. The van der Waals surface area contributed by atoms with Gasteiger partial charge in [-0.05, 0) is 115 Å². The van der Waals surface area contributed by atoms with E-state index in [0.717, 1.165) is 54.7 Å². The van der Waals surface area contributed by atoms with Crippen molar-refractivity contribution in [2.45, 2.75) is 10.8 Å². The molecule has 0 saturated heterocycles. The number of aromatic nitrogens is 2. The molecule has 11 aromatic carbocycles. The van der Waals surface area contributed by atoms with E-state index in [0.29, 0.717) is 22.5 Å². The van der Waals surface area contributed by atoms with Gasteiger partial charge in [0.1, 0.15) is 11.6 Å². The second kappa shape index (κ2) is 15.7. The average Bonchev–Trinajstić information content (AvgIpc) is 4.16. The SMILES string of the molecule is N#Cc1cc(-n2c3ccccc3c3cc4c(cc32)-c2ccccc2C4(c2ccccc2)c2ccccc2)c(C#N)c(-n2c3ccccc3c3cc4c(cc32)-c2ccccc2C4(c2ccccc2)c2ccccc2)c1. The van der Waals surface area contributed by atoms with Crippen molar-refractivity contribution in [2.24, 2.45) is 0 Å². The molecule has 0 aliphatic heterocycles. The van der Waals surface area contributed by atoms with Crippen molar-refractivity contribution in [3.63, 3.8) is 0 Å². The summed E-state index contributed by atoms with van der Waals surface area (Å²) in [5.41, 5.74) is 19.2. The molecular weight excluding hydrogens is 897 g/mol. The Bertz CT molecular complexity index is 4190. The van der Waals surface area contributed by atoms with Crippen LogP contribution in [0, 0.1) is 22.7 Å². The zero-order valence-corrected chi connectivity index (χ0v) is 40.0. The molecule has 0 atom stereocenters. The van der Waals surface area contributed by atoms with Gasteiger partial charge in [0, 0.05) is 21.5 Å². The Morgan fingerprint density at radius 1 is 0.284 bits per heavy atom. The fourth-order valence-corrected chi connectivity index (χ4v) is 13.5. The zero-order chi connectivity index (χ0) is 49.1. The number of rotatable bonds is 6. The van der Waals surface area contributed by atoms with Crippen molar-refractivity contribution in [1.29, 1.82) is 10.5 Å². The summed E-state index contributed by atoms with van der Waals surface area (Å²) in [7, 11) is 0. The Hall–Kier alpha value is -10.0. The van der Waals surface area contributed by atoms with Crippen LogP contribution in [-0.2, 0) is 10.8 Å². The first kappa shape index (κ1) is 41.8. The molecule has 4 heteroatoms. The lowest BCUT2D eigenvalue weighted by Crippen LogP contribution is -2.28. The number of hydrogen-bond donors (Lipinski definition) is 0. The van der Waals surface area contributed by atoms with E-state index in [1.54, 1.807) is 0 Å². The first-order chi connectivity index (χ1) is 36.6. The highest BCUT2D eigenvalue weighted by molar-refractivity contribution is 6.14. The van der Waals surface area contributed by atoms with Crippen LogP contribution in [-0.4, -0.2) is 9.13 Å². The van der Waals surface area contributed by atoms with Gasteiger partial charge in [-0.2, -0.15) is 10.5 Å². The predicted octanol–water partition coefficient (Wildman–Crippen LogP) is 16.4. The smallest absolute Gasteiger partial charge is 0.104 e. The van der Waals surface area contributed by atoms with Gasteiger partial charge in [0.2, 0.25) is 0 Å². The molecule has 15 rings (SSSR count). The Kier molecular flexibility index (Phi) is 8.89. The lowest BCUT2D eigenvalue weighted by Gasteiger charge is -2.34. The summed E-state index contributed by atoms with van der Waals surface area (Å²) in [4.78, 5) is 0. The van der Waals surface area contributed by atoms with Crippen molar-refractivity contribution in [3.05, 3.63) is 310 Å². The molecule has 342 valence electrons. The number of nitriles is 2.